The van der Waals surface area contributed by atoms with Gasteiger partial charge in [0, 0.05) is 10.8 Å². The Balaban J connectivity index is 2.49. The normalized spacial score (nSPS) is 11.1. The van der Waals surface area contributed by atoms with Crippen LogP contribution in [0.15, 0.2) is 48.5 Å². The Labute approximate surface area is 94.0 Å². The van der Waals surface area contributed by atoms with E-state index in [2.05, 4.69) is 36.4 Å². The lowest BCUT2D eigenvalue weighted by Gasteiger charge is -2.06. The molecule has 3 rings (SSSR count). The van der Waals surface area contributed by atoms with Gasteiger partial charge < -0.3 is 4.84 Å². The number of para-hydroxylation sites is 2. The number of benzene rings is 2. The molecule has 2 nitrogen and oxygen atoms in total. The Morgan fingerprint density at radius 1 is 0.875 bits per heavy atom. The van der Waals surface area contributed by atoms with E-state index in [0.717, 1.165) is 11.0 Å². The Kier molecular flexibility index (Phi) is 2.07. The van der Waals surface area contributed by atoms with Crippen LogP contribution in [0.5, 0.6) is 0 Å². The second-order valence-corrected chi connectivity index (χ2v) is 3.75. The lowest BCUT2D eigenvalue weighted by atomic mass is 10.2. The molecule has 0 unspecified atom stereocenters. The van der Waals surface area contributed by atoms with Crippen molar-refractivity contribution in [1.29, 1.82) is 0 Å². The zero-order chi connectivity index (χ0) is 11.0. The highest BCUT2D eigenvalue weighted by Gasteiger charge is 2.09. The lowest BCUT2D eigenvalue weighted by Crippen LogP contribution is -2.09. The van der Waals surface area contributed by atoms with E-state index in [4.69, 9.17) is 4.84 Å². The van der Waals surface area contributed by atoms with Crippen LogP contribution in [0.1, 0.15) is 6.92 Å². The van der Waals surface area contributed by atoms with Gasteiger partial charge in [-0.3, -0.25) is 0 Å². The van der Waals surface area contributed by atoms with Crippen molar-refractivity contribution < 1.29 is 4.84 Å². The first-order valence-electron chi connectivity index (χ1n) is 5.53. The Hall–Kier alpha value is -1.96. The van der Waals surface area contributed by atoms with Crippen LogP contribution in [0, 0.1) is 0 Å². The third-order valence-corrected chi connectivity index (χ3v) is 2.79. The molecule has 2 aromatic carbocycles. The Morgan fingerprint density at radius 2 is 1.38 bits per heavy atom. The van der Waals surface area contributed by atoms with Gasteiger partial charge in [0.2, 0.25) is 0 Å². The molecule has 0 bridgehead atoms. The summed E-state index contributed by atoms with van der Waals surface area (Å²) in [4.78, 5) is 5.69. The highest BCUT2D eigenvalue weighted by atomic mass is 16.7. The number of aromatic nitrogens is 1. The van der Waals surface area contributed by atoms with E-state index in [1.54, 1.807) is 0 Å². The summed E-state index contributed by atoms with van der Waals surface area (Å²) in [6.45, 7) is 2.67. The van der Waals surface area contributed by atoms with Gasteiger partial charge in [0.1, 0.15) is 6.61 Å². The maximum absolute atomic E-state index is 5.69. The van der Waals surface area contributed by atoms with E-state index < -0.39 is 0 Å². The van der Waals surface area contributed by atoms with Gasteiger partial charge in [0.05, 0.1) is 11.0 Å². The minimum Gasteiger partial charge on any atom is -0.414 e. The van der Waals surface area contributed by atoms with Crippen LogP contribution in [0.3, 0.4) is 0 Å². The first-order chi connectivity index (χ1) is 7.92. The van der Waals surface area contributed by atoms with Gasteiger partial charge in [0.25, 0.3) is 0 Å². The van der Waals surface area contributed by atoms with Crippen molar-refractivity contribution >= 4 is 21.8 Å². The van der Waals surface area contributed by atoms with Crippen molar-refractivity contribution in [1.82, 2.24) is 4.73 Å². The summed E-state index contributed by atoms with van der Waals surface area (Å²) >= 11 is 0. The van der Waals surface area contributed by atoms with Crippen molar-refractivity contribution in [3.8, 4) is 0 Å². The quantitative estimate of drug-likeness (QED) is 0.634. The number of hydrogen-bond acceptors (Lipinski definition) is 1. The highest BCUT2D eigenvalue weighted by Crippen LogP contribution is 2.27. The van der Waals surface area contributed by atoms with E-state index in [1.165, 1.54) is 10.8 Å². The number of hydrogen-bond donors (Lipinski definition) is 0. The van der Waals surface area contributed by atoms with Crippen LogP contribution >= 0.6 is 0 Å². The molecule has 0 amide bonds. The van der Waals surface area contributed by atoms with E-state index in [1.807, 2.05) is 23.8 Å². The topological polar surface area (TPSA) is 14.2 Å². The van der Waals surface area contributed by atoms with E-state index in [-0.39, 0.29) is 0 Å². The van der Waals surface area contributed by atoms with Crippen molar-refractivity contribution in [3.05, 3.63) is 48.5 Å². The van der Waals surface area contributed by atoms with Crippen molar-refractivity contribution in [3.63, 3.8) is 0 Å². The van der Waals surface area contributed by atoms with Gasteiger partial charge in [-0.25, -0.2) is 0 Å². The zero-order valence-corrected chi connectivity index (χ0v) is 9.18. The molecule has 1 heterocycles. The molecule has 0 spiro atoms. The van der Waals surface area contributed by atoms with Gasteiger partial charge in [0.15, 0.2) is 0 Å². The second kappa shape index (κ2) is 3.56. The summed E-state index contributed by atoms with van der Waals surface area (Å²) in [5, 5.41) is 2.48. The summed E-state index contributed by atoms with van der Waals surface area (Å²) in [5.41, 5.74) is 2.26. The van der Waals surface area contributed by atoms with Crippen LogP contribution < -0.4 is 4.84 Å². The van der Waals surface area contributed by atoms with Crippen molar-refractivity contribution in [2.75, 3.05) is 6.61 Å². The molecule has 0 saturated heterocycles. The molecule has 80 valence electrons. The van der Waals surface area contributed by atoms with Gasteiger partial charge in [-0.2, -0.15) is 4.73 Å². The van der Waals surface area contributed by atoms with Crippen LogP contribution in [-0.2, 0) is 0 Å². The molecule has 0 aliphatic heterocycles. The summed E-state index contributed by atoms with van der Waals surface area (Å²) in [6.07, 6.45) is 0. The molecular weight excluding hydrogens is 198 g/mol. The van der Waals surface area contributed by atoms with Crippen LogP contribution in [0.25, 0.3) is 21.8 Å². The molecule has 0 atom stereocenters. The third kappa shape index (κ3) is 1.20. The summed E-state index contributed by atoms with van der Waals surface area (Å²) in [5.74, 6) is 0. The molecule has 0 fully saturated rings. The second-order valence-electron chi connectivity index (χ2n) is 3.75. The predicted octanol–water partition coefficient (Wildman–Crippen LogP) is 3.24. The molecule has 0 radical (unpaired) electrons. The lowest BCUT2D eigenvalue weighted by molar-refractivity contribution is 0.142. The van der Waals surface area contributed by atoms with E-state index in [0.29, 0.717) is 6.61 Å². The van der Waals surface area contributed by atoms with Crippen molar-refractivity contribution in [2.24, 2.45) is 0 Å². The molecule has 2 heteroatoms. The summed E-state index contributed by atoms with van der Waals surface area (Å²) in [6, 6.07) is 16.6. The molecule has 0 aliphatic carbocycles. The Bertz CT molecular complexity index is 586. The van der Waals surface area contributed by atoms with Gasteiger partial charge in [-0.1, -0.05) is 36.4 Å². The number of fused-ring (bicyclic) bond motifs is 3. The van der Waals surface area contributed by atoms with Crippen LogP contribution in [0.4, 0.5) is 0 Å². The first kappa shape index (κ1) is 9.28. The number of nitrogens with zero attached hydrogens (tertiary/aromatic N) is 1. The van der Waals surface area contributed by atoms with E-state index >= 15 is 0 Å². The van der Waals surface area contributed by atoms with Crippen molar-refractivity contribution in [2.45, 2.75) is 6.92 Å². The predicted molar refractivity (Wildman–Crippen MR) is 66.6 cm³/mol. The minimum absolute atomic E-state index is 0.669. The summed E-state index contributed by atoms with van der Waals surface area (Å²) in [7, 11) is 0. The van der Waals surface area contributed by atoms with Crippen LogP contribution in [0.2, 0.25) is 0 Å². The maximum atomic E-state index is 5.69. The minimum atomic E-state index is 0.669. The van der Waals surface area contributed by atoms with Crippen LogP contribution in [-0.4, -0.2) is 11.3 Å². The molecule has 0 aliphatic rings. The molecule has 0 N–H and O–H groups in total. The average molecular weight is 211 g/mol. The zero-order valence-electron chi connectivity index (χ0n) is 9.18. The standard InChI is InChI=1S/C14H13NO/c1-2-16-15-13-9-5-3-7-11(13)12-8-4-6-10-14(12)15/h3-10H,2H2,1H3. The van der Waals surface area contributed by atoms with Gasteiger partial charge in [-0.15, -0.1) is 0 Å². The molecule has 3 aromatic rings. The fourth-order valence-electron chi connectivity index (χ4n) is 2.15. The highest BCUT2D eigenvalue weighted by molar-refractivity contribution is 6.07. The first-order valence-corrected chi connectivity index (χ1v) is 5.53. The van der Waals surface area contributed by atoms with Gasteiger partial charge >= 0.3 is 0 Å². The molecular formula is C14H13NO. The maximum Gasteiger partial charge on any atom is 0.112 e. The molecule has 1 aromatic heterocycles. The monoisotopic (exact) mass is 211 g/mol. The summed E-state index contributed by atoms with van der Waals surface area (Å²) < 4.78 is 1.92. The SMILES string of the molecule is CCOn1c2ccccc2c2ccccc21. The molecule has 0 saturated carbocycles. The average Bonchev–Trinajstić information content (AvgIpc) is 2.66. The van der Waals surface area contributed by atoms with Gasteiger partial charge in [-0.05, 0) is 19.1 Å². The smallest absolute Gasteiger partial charge is 0.112 e. The fraction of sp³-hybridized carbons (Fsp3) is 0.143. The third-order valence-electron chi connectivity index (χ3n) is 2.79. The molecule has 16 heavy (non-hydrogen) atoms. The fourth-order valence-corrected chi connectivity index (χ4v) is 2.15. The largest absolute Gasteiger partial charge is 0.414 e. The number of rotatable bonds is 2. The van der Waals surface area contributed by atoms with E-state index in [9.17, 15) is 0 Å². The Morgan fingerprint density at radius 3 is 1.88 bits per heavy atom.